The first kappa shape index (κ1) is 22.8. The van der Waals surface area contributed by atoms with E-state index in [0.717, 1.165) is 32.1 Å². The van der Waals surface area contributed by atoms with Crippen LogP contribution < -0.4 is 10.6 Å². The van der Waals surface area contributed by atoms with Gasteiger partial charge in [-0.1, -0.05) is 44.2 Å². The second kappa shape index (κ2) is 9.96. The first-order chi connectivity index (χ1) is 13.6. The molecule has 0 amide bonds. The minimum atomic E-state index is 0. The fourth-order valence-electron chi connectivity index (χ4n) is 5.42. The van der Waals surface area contributed by atoms with Crippen LogP contribution in [0.1, 0.15) is 51.6 Å². The normalized spacial score (nSPS) is 29.5. The lowest BCUT2D eigenvalue weighted by molar-refractivity contribution is -0.106. The number of likely N-dealkylation sites (tertiary alicyclic amines) is 1. The van der Waals surface area contributed by atoms with E-state index < -0.39 is 0 Å². The third kappa shape index (κ3) is 4.74. The van der Waals surface area contributed by atoms with Crippen molar-refractivity contribution in [3.8, 4) is 0 Å². The molecule has 2 heterocycles. The molecule has 162 valence electrons. The van der Waals surface area contributed by atoms with Gasteiger partial charge in [-0.3, -0.25) is 9.89 Å². The molecular weight excluding hydrogens is 475 g/mol. The van der Waals surface area contributed by atoms with Crippen molar-refractivity contribution >= 4 is 29.9 Å². The van der Waals surface area contributed by atoms with Gasteiger partial charge in [0.05, 0.1) is 18.7 Å². The Bertz CT molecular complexity index is 675. The first-order valence-corrected chi connectivity index (χ1v) is 11.1. The molecule has 0 bridgehead atoms. The number of rotatable bonds is 6. The summed E-state index contributed by atoms with van der Waals surface area (Å²) < 4.78 is 5.96. The predicted octanol–water partition coefficient (Wildman–Crippen LogP) is 3.81. The highest BCUT2D eigenvalue weighted by atomic mass is 127. The highest BCUT2D eigenvalue weighted by molar-refractivity contribution is 14.0. The molecule has 3 fully saturated rings. The number of aliphatic imine (C=N–C) groups is 1. The van der Waals surface area contributed by atoms with Crippen LogP contribution in [0.25, 0.3) is 0 Å². The van der Waals surface area contributed by atoms with E-state index in [1.54, 1.807) is 0 Å². The molecule has 4 rings (SSSR count). The Hall–Kier alpha value is -0.860. The van der Waals surface area contributed by atoms with Crippen LogP contribution in [0.3, 0.4) is 0 Å². The van der Waals surface area contributed by atoms with Crippen LogP contribution in [-0.2, 0) is 4.74 Å². The van der Waals surface area contributed by atoms with Crippen molar-refractivity contribution in [1.82, 2.24) is 15.5 Å². The van der Waals surface area contributed by atoms with E-state index in [1.165, 1.54) is 31.5 Å². The van der Waals surface area contributed by atoms with Gasteiger partial charge in [-0.15, -0.1) is 24.0 Å². The number of guanidine groups is 1. The minimum Gasteiger partial charge on any atom is -0.377 e. The zero-order valence-corrected chi connectivity index (χ0v) is 20.4. The maximum absolute atomic E-state index is 5.96. The van der Waals surface area contributed by atoms with Gasteiger partial charge in [0.15, 0.2) is 5.96 Å². The fraction of sp³-hybridized carbons (Fsp3) is 0.696. The zero-order chi connectivity index (χ0) is 19.6. The number of nitrogens with one attached hydrogen (secondary N) is 2. The minimum absolute atomic E-state index is 0. The Balaban J connectivity index is 0.00000240. The summed E-state index contributed by atoms with van der Waals surface area (Å²) in [7, 11) is 0. The van der Waals surface area contributed by atoms with Crippen molar-refractivity contribution in [3.05, 3.63) is 35.9 Å². The number of halogens is 1. The van der Waals surface area contributed by atoms with E-state index in [1.807, 2.05) is 0 Å². The van der Waals surface area contributed by atoms with Crippen LogP contribution in [0.4, 0.5) is 0 Å². The van der Waals surface area contributed by atoms with E-state index in [-0.39, 0.29) is 29.4 Å². The Labute approximate surface area is 193 Å². The van der Waals surface area contributed by atoms with Gasteiger partial charge in [0.2, 0.25) is 0 Å². The van der Waals surface area contributed by atoms with Crippen molar-refractivity contribution in [2.75, 3.05) is 32.8 Å². The molecule has 6 heteroatoms. The first-order valence-electron chi connectivity index (χ1n) is 11.1. The Morgan fingerprint density at radius 2 is 1.97 bits per heavy atom. The molecule has 5 nitrogen and oxygen atoms in total. The van der Waals surface area contributed by atoms with Crippen LogP contribution in [0.15, 0.2) is 35.3 Å². The van der Waals surface area contributed by atoms with Crippen LogP contribution in [0.2, 0.25) is 0 Å². The van der Waals surface area contributed by atoms with Gasteiger partial charge >= 0.3 is 0 Å². The molecule has 1 aromatic carbocycles. The SMILES string of the molecule is CCNC(=NCC(c1ccccc1)N1CCCC1)NC1C2CCOC2C1(C)C.I. The predicted molar refractivity (Wildman–Crippen MR) is 130 cm³/mol. The maximum Gasteiger partial charge on any atom is 0.191 e. The van der Waals surface area contributed by atoms with Gasteiger partial charge in [-0.2, -0.15) is 0 Å². The molecule has 1 aliphatic carbocycles. The van der Waals surface area contributed by atoms with Gasteiger partial charge in [0, 0.05) is 30.5 Å². The number of fused-ring (bicyclic) bond motifs is 1. The topological polar surface area (TPSA) is 48.9 Å². The van der Waals surface area contributed by atoms with Crippen LogP contribution in [-0.4, -0.2) is 55.8 Å². The Kier molecular flexibility index (Phi) is 7.84. The van der Waals surface area contributed by atoms with Crippen molar-refractivity contribution in [3.63, 3.8) is 0 Å². The number of hydrogen-bond donors (Lipinski definition) is 2. The summed E-state index contributed by atoms with van der Waals surface area (Å²) in [5, 5.41) is 7.23. The van der Waals surface area contributed by atoms with Crippen molar-refractivity contribution in [2.45, 2.75) is 58.2 Å². The number of nitrogens with zero attached hydrogens (tertiary/aromatic N) is 2. The molecular formula is C23H37IN4O. The van der Waals surface area contributed by atoms with Gasteiger partial charge < -0.3 is 15.4 Å². The third-order valence-electron chi connectivity index (χ3n) is 6.93. The maximum atomic E-state index is 5.96. The Morgan fingerprint density at radius 3 is 2.66 bits per heavy atom. The monoisotopic (exact) mass is 512 g/mol. The van der Waals surface area contributed by atoms with Crippen LogP contribution in [0, 0.1) is 11.3 Å². The molecule has 3 aliphatic rings. The van der Waals surface area contributed by atoms with E-state index in [2.05, 4.69) is 66.6 Å². The molecule has 1 saturated carbocycles. The quantitative estimate of drug-likeness (QED) is 0.346. The van der Waals surface area contributed by atoms with Crippen molar-refractivity contribution < 1.29 is 4.74 Å². The molecule has 2 N–H and O–H groups in total. The second-order valence-electron chi connectivity index (χ2n) is 9.08. The van der Waals surface area contributed by atoms with Gasteiger partial charge in [-0.25, -0.2) is 0 Å². The van der Waals surface area contributed by atoms with Crippen molar-refractivity contribution in [1.29, 1.82) is 0 Å². The molecule has 4 unspecified atom stereocenters. The summed E-state index contributed by atoms with van der Waals surface area (Å²) in [6.07, 6.45) is 4.15. The third-order valence-corrected chi connectivity index (χ3v) is 6.93. The molecule has 1 aromatic rings. The largest absolute Gasteiger partial charge is 0.377 e. The lowest BCUT2D eigenvalue weighted by Gasteiger charge is -2.55. The van der Waals surface area contributed by atoms with Gasteiger partial charge in [-0.05, 0) is 44.8 Å². The standard InChI is InChI=1S/C23H36N4O.HI/c1-4-24-22(26-20-18-12-15-28-21(18)23(20,2)3)25-16-19(27-13-8-9-14-27)17-10-6-5-7-11-17;/h5-7,10-11,18-21H,4,8-9,12-16H2,1-3H3,(H2,24,25,26);1H. The van der Waals surface area contributed by atoms with E-state index in [4.69, 9.17) is 9.73 Å². The van der Waals surface area contributed by atoms with Crippen molar-refractivity contribution in [2.24, 2.45) is 16.3 Å². The lowest BCUT2D eigenvalue weighted by atomic mass is 9.57. The molecule has 2 aliphatic heterocycles. The summed E-state index contributed by atoms with van der Waals surface area (Å²) in [6, 6.07) is 11.7. The summed E-state index contributed by atoms with van der Waals surface area (Å²) in [5.74, 6) is 1.56. The molecule has 0 aromatic heterocycles. The van der Waals surface area contributed by atoms with Crippen LogP contribution in [0.5, 0.6) is 0 Å². The summed E-state index contributed by atoms with van der Waals surface area (Å²) in [5.41, 5.74) is 1.53. The summed E-state index contributed by atoms with van der Waals surface area (Å²) >= 11 is 0. The average molecular weight is 512 g/mol. The lowest BCUT2D eigenvalue weighted by Crippen LogP contribution is -2.68. The second-order valence-corrected chi connectivity index (χ2v) is 9.08. The number of hydrogen-bond acceptors (Lipinski definition) is 3. The highest BCUT2D eigenvalue weighted by Gasteiger charge is 2.59. The molecule has 29 heavy (non-hydrogen) atoms. The summed E-state index contributed by atoms with van der Waals surface area (Å²) in [6.45, 7) is 11.7. The highest BCUT2D eigenvalue weighted by Crippen LogP contribution is 2.52. The van der Waals surface area contributed by atoms with Gasteiger partial charge in [0.1, 0.15) is 0 Å². The van der Waals surface area contributed by atoms with E-state index >= 15 is 0 Å². The molecule has 2 saturated heterocycles. The molecule has 4 atom stereocenters. The summed E-state index contributed by atoms with van der Waals surface area (Å²) in [4.78, 5) is 7.64. The number of ether oxygens (including phenoxy) is 1. The molecule has 0 spiro atoms. The smallest absolute Gasteiger partial charge is 0.191 e. The van der Waals surface area contributed by atoms with Crippen LogP contribution >= 0.6 is 24.0 Å². The van der Waals surface area contributed by atoms with E-state index in [9.17, 15) is 0 Å². The average Bonchev–Trinajstić information content (AvgIpc) is 3.38. The van der Waals surface area contributed by atoms with E-state index in [0.29, 0.717) is 24.1 Å². The fourth-order valence-corrected chi connectivity index (χ4v) is 5.42. The molecule has 0 radical (unpaired) electrons. The Morgan fingerprint density at radius 1 is 1.24 bits per heavy atom. The zero-order valence-electron chi connectivity index (χ0n) is 18.1. The van der Waals surface area contributed by atoms with Gasteiger partial charge in [0.25, 0.3) is 0 Å². The number of benzene rings is 1.